The van der Waals surface area contributed by atoms with Crippen molar-refractivity contribution in [3.8, 4) is 0 Å². The number of morpholine rings is 1. The number of hydrogen-bond donors (Lipinski definition) is 0. The van der Waals surface area contributed by atoms with Crippen LogP contribution in [-0.4, -0.2) is 51.8 Å². The molecule has 5 nitrogen and oxygen atoms in total. The van der Waals surface area contributed by atoms with E-state index >= 15 is 0 Å². The Kier molecular flexibility index (Phi) is 3.79. The van der Waals surface area contributed by atoms with Crippen molar-refractivity contribution >= 4 is 16.9 Å². The number of halogens is 3. The van der Waals surface area contributed by atoms with Gasteiger partial charge in [0, 0.05) is 19.2 Å². The molecule has 0 saturated carbocycles. The molecule has 1 aromatic heterocycles. The quantitative estimate of drug-likeness (QED) is 0.808. The summed E-state index contributed by atoms with van der Waals surface area (Å²) in [5.41, 5.74) is 1.58. The predicted octanol–water partition coefficient (Wildman–Crippen LogP) is 2.37. The molecule has 8 heteroatoms. The number of carbonyl (C=O) groups is 1. The second-order valence-corrected chi connectivity index (χ2v) is 5.62. The number of hydrogen-bond acceptors (Lipinski definition) is 3. The maximum atomic E-state index is 13.3. The molecule has 0 N–H and O–H groups in total. The minimum atomic E-state index is -4.54. The van der Waals surface area contributed by atoms with Gasteiger partial charge in [0.2, 0.25) is 0 Å². The molecule has 0 aliphatic carbocycles. The molecule has 1 aromatic carbocycles. The minimum Gasteiger partial charge on any atom is -0.374 e. The van der Waals surface area contributed by atoms with Crippen LogP contribution in [0.25, 0.3) is 11.0 Å². The van der Waals surface area contributed by atoms with Crippen molar-refractivity contribution in [2.45, 2.75) is 25.2 Å². The molecule has 2 aromatic rings. The fourth-order valence-electron chi connectivity index (χ4n) is 2.93. The van der Waals surface area contributed by atoms with Crippen molar-refractivity contribution in [3.63, 3.8) is 0 Å². The molecule has 1 saturated heterocycles. The maximum Gasteiger partial charge on any atom is 0.411 e. The number of nitrogens with zero attached hydrogens (tertiary/aromatic N) is 3. The van der Waals surface area contributed by atoms with Gasteiger partial charge in [-0.2, -0.15) is 13.2 Å². The smallest absolute Gasteiger partial charge is 0.374 e. The summed E-state index contributed by atoms with van der Waals surface area (Å²) in [5, 5.41) is 0. The number of benzene rings is 1. The Morgan fingerprint density at radius 2 is 2.13 bits per heavy atom. The molecule has 124 valence electrons. The van der Waals surface area contributed by atoms with Crippen LogP contribution in [0, 0.1) is 0 Å². The molecule has 0 spiro atoms. The van der Waals surface area contributed by atoms with E-state index < -0.39 is 24.2 Å². The fourth-order valence-corrected chi connectivity index (χ4v) is 2.93. The van der Waals surface area contributed by atoms with Crippen molar-refractivity contribution in [1.29, 1.82) is 0 Å². The van der Waals surface area contributed by atoms with Gasteiger partial charge in [-0.3, -0.25) is 4.79 Å². The van der Waals surface area contributed by atoms with Gasteiger partial charge in [0.15, 0.2) is 6.04 Å². The molecule has 1 fully saturated rings. The molecule has 23 heavy (non-hydrogen) atoms. The van der Waals surface area contributed by atoms with E-state index in [1.807, 2.05) is 0 Å². The van der Waals surface area contributed by atoms with Crippen LogP contribution in [0.4, 0.5) is 13.2 Å². The second kappa shape index (κ2) is 5.52. The van der Waals surface area contributed by atoms with Crippen molar-refractivity contribution in [2.75, 3.05) is 13.2 Å². The van der Waals surface area contributed by atoms with Gasteiger partial charge in [-0.15, -0.1) is 0 Å². The lowest BCUT2D eigenvalue weighted by Crippen LogP contribution is -2.59. The number of ether oxygens (including phenoxy) is 1. The number of aryl methyl sites for hydroxylation is 1. The lowest BCUT2D eigenvalue weighted by Gasteiger charge is -2.40. The van der Waals surface area contributed by atoms with Crippen LogP contribution in [-0.2, 0) is 11.8 Å². The van der Waals surface area contributed by atoms with Gasteiger partial charge in [-0.05, 0) is 25.1 Å². The van der Waals surface area contributed by atoms with E-state index in [0.717, 1.165) is 10.4 Å². The Balaban J connectivity index is 1.95. The number of alkyl halides is 3. The molecule has 1 aliphatic heterocycles. The molecule has 0 unspecified atom stereocenters. The third kappa shape index (κ3) is 2.78. The lowest BCUT2D eigenvalue weighted by atomic mass is 10.1. The number of aromatic nitrogens is 2. The van der Waals surface area contributed by atoms with Crippen LogP contribution >= 0.6 is 0 Å². The summed E-state index contributed by atoms with van der Waals surface area (Å²) in [5.74, 6) is -0.657. The standard InChI is InChI=1S/C15H16F3N3O2/c1-9-13(15(16,17)18)21(5-6-23-9)14(22)10-3-4-12-11(7-10)19-8-20(12)2/h3-4,7-9,13H,5-6H2,1-2H3/t9-,13-/m0/s1. The summed E-state index contributed by atoms with van der Waals surface area (Å²) in [6.45, 7) is 1.33. The molecule has 0 bridgehead atoms. The van der Waals surface area contributed by atoms with Crippen LogP contribution in [0.2, 0.25) is 0 Å². The first-order valence-electron chi connectivity index (χ1n) is 7.19. The van der Waals surface area contributed by atoms with Crippen LogP contribution in [0.3, 0.4) is 0 Å². The SMILES string of the molecule is C[C@@H]1OCCN(C(=O)c2ccc3c(c2)ncn3C)[C@@H]1C(F)(F)F. The largest absolute Gasteiger partial charge is 0.411 e. The van der Waals surface area contributed by atoms with Gasteiger partial charge in [0.1, 0.15) is 0 Å². The van der Waals surface area contributed by atoms with Gasteiger partial charge in [0.05, 0.1) is 30.1 Å². The van der Waals surface area contributed by atoms with E-state index in [1.54, 1.807) is 24.0 Å². The van der Waals surface area contributed by atoms with Crippen LogP contribution < -0.4 is 0 Å². The maximum absolute atomic E-state index is 13.3. The normalized spacial score (nSPS) is 22.6. The van der Waals surface area contributed by atoms with E-state index in [2.05, 4.69) is 4.98 Å². The highest BCUT2D eigenvalue weighted by Crippen LogP contribution is 2.32. The Hall–Kier alpha value is -2.09. The zero-order valence-corrected chi connectivity index (χ0v) is 12.7. The topological polar surface area (TPSA) is 47.4 Å². The first-order valence-corrected chi connectivity index (χ1v) is 7.19. The Morgan fingerprint density at radius 1 is 1.39 bits per heavy atom. The van der Waals surface area contributed by atoms with Crippen molar-refractivity contribution in [2.24, 2.45) is 7.05 Å². The van der Waals surface area contributed by atoms with Crippen molar-refractivity contribution in [1.82, 2.24) is 14.5 Å². The van der Waals surface area contributed by atoms with Crippen molar-refractivity contribution < 1.29 is 22.7 Å². The van der Waals surface area contributed by atoms with Gasteiger partial charge >= 0.3 is 6.18 Å². The summed E-state index contributed by atoms with van der Waals surface area (Å²) in [4.78, 5) is 17.6. The van der Waals surface area contributed by atoms with Crippen LogP contribution in [0.1, 0.15) is 17.3 Å². The number of rotatable bonds is 1. The number of carbonyl (C=O) groups excluding carboxylic acids is 1. The third-order valence-electron chi connectivity index (χ3n) is 4.06. The molecular weight excluding hydrogens is 311 g/mol. The number of fused-ring (bicyclic) bond motifs is 1. The van der Waals surface area contributed by atoms with Gasteiger partial charge in [0.25, 0.3) is 5.91 Å². The molecule has 3 rings (SSSR count). The first kappa shape index (κ1) is 15.8. The average molecular weight is 327 g/mol. The van der Waals surface area contributed by atoms with Gasteiger partial charge in [-0.25, -0.2) is 4.98 Å². The summed E-state index contributed by atoms with van der Waals surface area (Å²) in [6, 6.07) is 2.79. The van der Waals surface area contributed by atoms with E-state index in [9.17, 15) is 18.0 Å². The minimum absolute atomic E-state index is 0.0886. The molecule has 2 atom stereocenters. The highest BCUT2D eigenvalue weighted by atomic mass is 19.4. The number of imidazole rings is 1. The zero-order chi connectivity index (χ0) is 16.8. The lowest BCUT2D eigenvalue weighted by molar-refractivity contribution is -0.220. The van der Waals surface area contributed by atoms with Gasteiger partial charge < -0.3 is 14.2 Å². The summed E-state index contributed by atoms with van der Waals surface area (Å²) < 4.78 is 46.7. The highest BCUT2D eigenvalue weighted by molar-refractivity contribution is 5.97. The fraction of sp³-hybridized carbons (Fsp3) is 0.467. The van der Waals surface area contributed by atoms with E-state index in [4.69, 9.17) is 4.74 Å². The molecule has 1 aliphatic rings. The van der Waals surface area contributed by atoms with Gasteiger partial charge in [-0.1, -0.05) is 0 Å². The van der Waals surface area contributed by atoms with E-state index in [-0.39, 0.29) is 18.7 Å². The second-order valence-electron chi connectivity index (χ2n) is 5.62. The predicted molar refractivity (Wildman–Crippen MR) is 77.0 cm³/mol. The summed E-state index contributed by atoms with van der Waals surface area (Å²) in [6.07, 6.45) is -4.04. The van der Waals surface area contributed by atoms with Crippen LogP contribution in [0.5, 0.6) is 0 Å². The Morgan fingerprint density at radius 3 is 2.83 bits per heavy atom. The monoisotopic (exact) mass is 327 g/mol. The van der Waals surface area contributed by atoms with Crippen LogP contribution in [0.15, 0.2) is 24.5 Å². The molecule has 1 amide bonds. The Bertz CT molecular complexity index is 741. The van der Waals surface area contributed by atoms with Crippen molar-refractivity contribution in [3.05, 3.63) is 30.1 Å². The Labute approximate surface area is 130 Å². The summed E-state index contributed by atoms with van der Waals surface area (Å²) in [7, 11) is 1.81. The molecule has 2 heterocycles. The average Bonchev–Trinajstić information content (AvgIpc) is 2.86. The summed E-state index contributed by atoms with van der Waals surface area (Å²) >= 11 is 0. The highest BCUT2D eigenvalue weighted by Gasteiger charge is 2.50. The third-order valence-corrected chi connectivity index (χ3v) is 4.06. The van der Waals surface area contributed by atoms with E-state index in [0.29, 0.717) is 5.52 Å². The first-order chi connectivity index (χ1) is 10.8. The number of amides is 1. The molecule has 0 radical (unpaired) electrons. The molecular formula is C15H16F3N3O2. The zero-order valence-electron chi connectivity index (χ0n) is 12.7. The van der Waals surface area contributed by atoms with E-state index in [1.165, 1.54) is 19.1 Å².